The maximum Gasteiger partial charge on any atom is 0.324 e. The Hall–Kier alpha value is -2.51. The maximum atomic E-state index is 12.7. The Morgan fingerprint density at radius 3 is 2.58 bits per heavy atom. The van der Waals surface area contributed by atoms with Gasteiger partial charge in [0.1, 0.15) is 22.8 Å². The van der Waals surface area contributed by atoms with Crippen molar-refractivity contribution in [1.29, 1.82) is 0 Å². The quantitative estimate of drug-likeness (QED) is 0.537. The third-order valence-electron chi connectivity index (χ3n) is 3.65. The summed E-state index contributed by atoms with van der Waals surface area (Å²) in [6.07, 6.45) is 1.00. The van der Waals surface area contributed by atoms with Gasteiger partial charge in [0.25, 0.3) is 0 Å². The van der Waals surface area contributed by atoms with Crippen LogP contribution in [0.2, 0.25) is 0 Å². The molecule has 0 saturated carbocycles. The number of carbonyl (C=O) groups excluding carboxylic acids is 2. The first-order valence-corrected chi connectivity index (χ1v) is 9.25. The standard InChI is InChI=1S/C19H21NO5S/c1-3-25-19(22)17(11-14-7-5-4-6-8-14)20-26(23)16-10-9-15(13-21)18(12-16)24-2/h4-10,12-13,17,20H,3,11H2,1-2H3. The van der Waals surface area contributed by atoms with Crippen molar-refractivity contribution in [3.63, 3.8) is 0 Å². The van der Waals surface area contributed by atoms with Gasteiger partial charge in [-0.3, -0.25) is 9.59 Å². The van der Waals surface area contributed by atoms with Gasteiger partial charge in [0.15, 0.2) is 6.29 Å². The van der Waals surface area contributed by atoms with Gasteiger partial charge >= 0.3 is 5.97 Å². The second kappa shape index (κ2) is 9.84. The van der Waals surface area contributed by atoms with Crippen molar-refractivity contribution < 1.29 is 23.3 Å². The number of hydrogen-bond donors (Lipinski definition) is 1. The van der Waals surface area contributed by atoms with E-state index in [1.807, 2.05) is 30.3 Å². The molecule has 0 radical (unpaired) electrons. The van der Waals surface area contributed by atoms with Gasteiger partial charge in [0.05, 0.1) is 24.2 Å². The molecular weight excluding hydrogens is 354 g/mol. The van der Waals surface area contributed by atoms with Crippen LogP contribution in [-0.4, -0.2) is 36.2 Å². The predicted octanol–water partition coefficient (Wildman–Crippen LogP) is 2.29. The molecule has 138 valence electrons. The van der Waals surface area contributed by atoms with E-state index in [2.05, 4.69) is 4.72 Å². The maximum absolute atomic E-state index is 12.7. The summed E-state index contributed by atoms with van der Waals surface area (Å²) in [5.41, 5.74) is 1.28. The summed E-state index contributed by atoms with van der Waals surface area (Å²) < 4.78 is 25.7. The molecule has 1 N–H and O–H groups in total. The van der Waals surface area contributed by atoms with Crippen molar-refractivity contribution in [1.82, 2.24) is 4.72 Å². The lowest BCUT2D eigenvalue weighted by Gasteiger charge is -2.17. The molecule has 2 rings (SSSR count). The van der Waals surface area contributed by atoms with Gasteiger partial charge < -0.3 is 9.47 Å². The second-order valence-corrected chi connectivity index (χ2v) is 6.65. The van der Waals surface area contributed by atoms with E-state index >= 15 is 0 Å². The van der Waals surface area contributed by atoms with Crippen molar-refractivity contribution >= 4 is 23.2 Å². The van der Waals surface area contributed by atoms with E-state index in [0.717, 1.165) is 5.56 Å². The number of rotatable bonds is 9. The van der Waals surface area contributed by atoms with Crippen molar-refractivity contribution in [3.8, 4) is 5.75 Å². The summed E-state index contributed by atoms with van der Waals surface area (Å²) >= 11 is 0. The molecule has 0 bridgehead atoms. The number of methoxy groups -OCH3 is 1. The Kier molecular flexibility index (Phi) is 7.50. The lowest BCUT2D eigenvalue weighted by molar-refractivity contribution is -0.145. The molecule has 7 heteroatoms. The fourth-order valence-corrected chi connectivity index (χ4v) is 3.35. The zero-order valence-corrected chi connectivity index (χ0v) is 15.5. The van der Waals surface area contributed by atoms with E-state index in [1.165, 1.54) is 19.2 Å². The number of esters is 1. The van der Waals surface area contributed by atoms with Crippen molar-refractivity contribution in [2.24, 2.45) is 0 Å². The van der Waals surface area contributed by atoms with Crippen LogP contribution < -0.4 is 9.46 Å². The molecular formula is C19H21NO5S. The van der Waals surface area contributed by atoms with Crippen molar-refractivity contribution in [2.45, 2.75) is 24.3 Å². The van der Waals surface area contributed by atoms with Crippen LogP contribution in [0.3, 0.4) is 0 Å². The molecule has 26 heavy (non-hydrogen) atoms. The lowest BCUT2D eigenvalue weighted by atomic mass is 10.1. The molecule has 2 aromatic carbocycles. The van der Waals surface area contributed by atoms with Crippen LogP contribution in [0.15, 0.2) is 53.4 Å². The average Bonchev–Trinajstić information content (AvgIpc) is 2.67. The highest BCUT2D eigenvalue weighted by Gasteiger charge is 2.23. The smallest absolute Gasteiger partial charge is 0.324 e. The molecule has 0 fully saturated rings. The molecule has 0 heterocycles. The number of ether oxygens (including phenoxy) is 2. The van der Waals surface area contributed by atoms with Crippen molar-refractivity contribution in [2.75, 3.05) is 13.7 Å². The Labute approximate surface area is 155 Å². The first-order valence-electron chi connectivity index (χ1n) is 8.10. The van der Waals surface area contributed by atoms with Crippen LogP contribution in [0.25, 0.3) is 0 Å². The number of hydrogen-bond acceptors (Lipinski definition) is 5. The van der Waals surface area contributed by atoms with Crippen LogP contribution in [0.5, 0.6) is 5.75 Å². The molecule has 0 aliphatic heterocycles. The van der Waals surface area contributed by atoms with Gasteiger partial charge in [-0.1, -0.05) is 30.3 Å². The third kappa shape index (κ3) is 5.24. The average molecular weight is 375 g/mol. The van der Waals surface area contributed by atoms with E-state index in [0.29, 0.717) is 28.9 Å². The minimum atomic E-state index is -1.68. The van der Waals surface area contributed by atoms with Gasteiger partial charge in [-0.15, -0.1) is 0 Å². The highest BCUT2D eigenvalue weighted by molar-refractivity contribution is 7.83. The van der Waals surface area contributed by atoms with E-state index in [1.54, 1.807) is 13.0 Å². The topological polar surface area (TPSA) is 81.7 Å². The minimum absolute atomic E-state index is 0.236. The van der Waals surface area contributed by atoms with Crippen LogP contribution in [0.4, 0.5) is 0 Å². The Morgan fingerprint density at radius 2 is 1.96 bits per heavy atom. The van der Waals surface area contributed by atoms with Gasteiger partial charge in [-0.2, -0.15) is 0 Å². The van der Waals surface area contributed by atoms with E-state index in [-0.39, 0.29) is 6.61 Å². The highest BCUT2D eigenvalue weighted by Crippen LogP contribution is 2.20. The van der Waals surface area contributed by atoms with Gasteiger partial charge in [0.2, 0.25) is 0 Å². The van der Waals surface area contributed by atoms with Crippen LogP contribution in [-0.2, 0) is 26.9 Å². The molecule has 2 unspecified atom stereocenters. The summed E-state index contributed by atoms with van der Waals surface area (Å²) in [4.78, 5) is 23.6. The second-order valence-electron chi connectivity index (χ2n) is 5.40. The van der Waals surface area contributed by atoms with E-state index < -0.39 is 23.0 Å². The van der Waals surface area contributed by atoms with Crippen molar-refractivity contribution in [3.05, 3.63) is 59.7 Å². The molecule has 0 aliphatic rings. The fourth-order valence-electron chi connectivity index (χ4n) is 2.37. The van der Waals surface area contributed by atoms with Crippen LogP contribution in [0, 0.1) is 0 Å². The van der Waals surface area contributed by atoms with Crippen LogP contribution in [0.1, 0.15) is 22.8 Å². The number of benzene rings is 2. The molecule has 0 spiro atoms. The molecule has 2 aromatic rings. The van der Waals surface area contributed by atoms with Gasteiger partial charge in [0, 0.05) is 0 Å². The van der Waals surface area contributed by atoms with Crippen LogP contribution >= 0.6 is 0 Å². The third-order valence-corrected chi connectivity index (χ3v) is 4.83. The number of nitrogens with one attached hydrogen (secondary N) is 1. The lowest BCUT2D eigenvalue weighted by Crippen LogP contribution is -2.40. The monoisotopic (exact) mass is 375 g/mol. The molecule has 0 amide bonds. The summed E-state index contributed by atoms with van der Waals surface area (Å²) in [5, 5.41) is 0. The number of aldehydes is 1. The summed E-state index contributed by atoms with van der Waals surface area (Å²) in [6.45, 7) is 1.96. The zero-order chi connectivity index (χ0) is 18.9. The molecule has 0 aromatic heterocycles. The van der Waals surface area contributed by atoms with E-state index in [4.69, 9.17) is 9.47 Å². The van der Waals surface area contributed by atoms with Gasteiger partial charge in [-0.25, -0.2) is 8.93 Å². The summed E-state index contributed by atoms with van der Waals surface area (Å²) in [5.74, 6) is -0.149. The Morgan fingerprint density at radius 1 is 1.23 bits per heavy atom. The van der Waals surface area contributed by atoms with Gasteiger partial charge in [-0.05, 0) is 37.1 Å². The minimum Gasteiger partial charge on any atom is -0.496 e. The summed E-state index contributed by atoms with van der Waals surface area (Å²) in [7, 11) is -0.250. The Bertz CT molecular complexity index is 779. The molecule has 0 aliphatic carbocycles. The van der Waals surface area contributed by atoms with E-state index in [9.17, 15) is 13.8 Å². The highest BCUT2D eigenvalue weighted by atomic mass is 32.2. The molecule has 0 saturated heterocycles. The molecule has 6 nitrogen and oxygen atoms in total. The normalized spacial score (nSPS) is 12.8. The first-order chi connectivity index (χ1) is 12.6. The predicted molar refractivity (Wildman–Crippen MR) is 98.5 cm³/mol. The molecule has 2 atom stereocenters. The largest absolute Gasteiger partial charge is 0.496 e. The Balaban J connectivity index is 2.19. The SMILES string of the molecule is CCOC(=O)C(Cc1ccccc1)NS(=O)c1ccc(C=O)c(OC)c1. The number of carbonyl (C=O) groups is 2. The zero-order valence-electron chi connectivity index (χ0n) is 14.6. The fraction of sp³-hybridized carbons (Fsp3) is 0.263. The first kappa shape index (κ1) is 19.8. The summed E-state index contributed by atoms with van der Waals surface area (Å²) in [6, 6.07) is 13.2.